The van der Waals surface area contributed by atoms with Gasteiger partial charge < -0.3 is 10.4 Å². The Labute approximate surface area is 81.7 Å². The van der Waals surface area contributed by atoms with Crippen molar-refractivity contribution in [2.75, 3.05) is 6.54 Å². The van der Waals surface area contributed by atoms with Gasteiger partial charge in [0.1, 0.15) is 0 Å². The van der Waals surface area contributed by atoms with Crippen LogP contribution in [0.5, 0.6) is 0 Å². The molecule has 1 unspecified atom stereocenters. The monoisotopic (exact) mass is 185 g/mol. The van der Waals surface area contributed by atoms with E-state index in [1.165, 1.54) is 12.8 Å². The third-order valence-electron chi connectivity index (χ3n) is 2.61. The molecule has 0 saturated heterocycles. The summed E-state index contributed by atoms with van der Waals surface area (Å²) in [6.07, 6.45) is 4.60. The van der Waals surface area contributed by atoms with Gasteiger partial charge in [0.05, 0.1) is 5.60 Å². The third-order valence-corrected chi connectivity index (χ3v) is 2.61. The predicted molar refractivity (Wildman–Crippen MR) is 55.7 cm³/mol. The zero-order chi connectivity index (χ0) is 9.90. The molecule has 1 fully saturated rings. The Kier molecular flexibility index (Phi) is 3.74. The van der Waals surface area contributed by atoms with Crippen molar-refractivity contribution in [3.63, 3.8) is 0 Å². The first-order valence-electron chi connectivity index (χ1n) is 5.45. The summed E-state index contributed by atoms with van der Waals surface area (Å²) in [6, 6.07) is 0.700. The second-order valence-electron chi connectivity index (χ2n) is 5.08. The first kappa shape index (κ1) is 11.0. The van der Waals surface area contributed by atoms with Gasteiger partial charge in [0.15, 0.2) is 0 Å². The summed E-state index contributed by atoms with van der Waals surface area (Å²) < 4.78 is 0. The SMILES string of the molecule is CC(C)CCC(C)(O)CNC1CC1. The van der Waals surface area contributed by atoms with Crippen molar-refractivity contribution in [3.8, 4) is 0 Å². The lowest BCUT2D eigenvalue weighted by Crippen LogP contribution is -2.38. The fraction of sp³-hybridized carbons (Fsp3) is 1.00. The van der Waals surface area contributed by atoms with Crippen molar-refractivity contribution in [1.29, 1.82) is 0 Å². The summed E-state index contributed by atoms with van der Waals surface area (Å²) in [5.74, 6) is 0.687. The second kappa shape index (κ2) is 4.43. The first-order chi connectivity index (χ1) is 5.99. The lowest BCUT2D eigenvalue weighted by molar-refractivity contribution is 0.0450. The zero-order valence-corrected chi connectivity index (χ0v) is 9.14. The molecule has 0 amide bonds. The molecule has 0 bridgehead atoms. The molecule has 1 rings (SSSR count). The van der Waals surface area contributed by atoms with Gasteiger partial charge in [-0.05, 0) is 38.5 Å². The largest absolute Gasteiger partial charge is 0.389 e. The molecule has 0 heterocycles. The van der Waals surface area contributed by atoms with E-state index >= 15 is 0 Å². The van der Waals surface area contributed by atoms with Gasteiger partial charge in [0.25, 0.3) is 0 Å². The van der Waals surface area contributed by atoms with Gasteiger partial charge >= 0.3 is 0 Å². The third kappa shape index (κ3) is 5.27. The Bertz CT molecular complexity index is 142. The smallest absolute Gasteiger partial charge is 0.0743 e. The molecular formula is C11H23NO. The Morgan fingerprint density at radius 1 is 1.46 bits per heavy atom. The van der Waals surface area contributed by atoms with Gasteiger partial charge in [-0.2, -0.15) is 0 Å². The van der Waals surface area contributed by atoms with Gasteiger partial charge in [0.2, 0.25) is 0 Å². The predicted octanol–water partition coefficient (Wildman–Crippen LogP) is 1.93. The number of hydrogen-bond donors (Lipinski definition) is 2. The highest BCUT2D eigenvalue weighted by Crippen LogP contribution is 2.21. The van der Waals surface area contributed by atoms with Crippen molar-refractivity contribution < 1.29 is 5.11 Å². The summed E-state index contributed by atoms with van der Waals surface area (Å²) in [7, 11) is 0. The quantitative estimate of drug-likeness (QED) is 0.662. The fourth-order valence-corrected chi connectivity index (χ4v) is 1.34. The summed E-state index contributed by atoms with van der Waals surface area (Å²) in [4.78, 5) is 0. The molecular weight excluding hydrogens is 162 g/mol. The van der Waals surface area contributed by atoms with Crippen LogP contribution in [0.4, 0.5) is 0 Å². The molecule has 1 saturated carbocycles. The molecule has 2 N–H and O–H groups in total. The maximum atomic E-state index is 9.98. The highest BCUT2D eigenvalue weighted by Gasteiger charge is 2.26. The molecule has 1 aliphatic rings. The average Bonchev–Trinajstić information content (AvgIpc) is 2.81. The van der Waals surface area contributed by atoms with Gasteiger partial charge in [-0.3, -0.25) is 0 Å². The van der Waals surface area contributed by atoms with E-state index in [1.54, 1.807) is 0 Å². The number of hydrogen-bond acceptors (Lipinski definition) is 2. The minimum Gasteiger partial charge on any atom is -0.389 e. The fourth-order valence-electron chi connectivity index (χ4n) is 1.34. The Morgan fingerprint density at radius 3 is 2.54 bits per heavy atom. The minimum absolute atomic E-state index is 0.507. The van der Waals surface area contributed by atoms with Crippen LogP contribution in [0.1, 0.15) is 46.5 Å². The summed E-state index contributed by atoms with van der Waals surface area (Å²) in [5.41, 5.74) is -0.507. The van der Waals surface area contributed by atoms with Crippen molar-refractivity contribution in [1.82, 2.24) is 5.32 Å². The molecule has 78 valence electrons. The summed E-state index contributed by atoms with van der Waals surface area (Å²) in [5, 5.41) is 13.3. The van der Waals surface area contributed by atoms with Crippen LogP contribution in [-0.4, -0.2) is 23.3 Å². The van der Waals surface area contributed by atoms with Crippen LogP contribution in [0.2, 0.25) is 0 Å². The highest BCUT2D eigenvalue weighted by atomic mass is 16.3. The van der Waals surface area contributed by atoms with E-state index in [2.05, 4.69) is 19.2 Å². The van der Waals surface area contributed by atoms with E-state index in [1.807, 2.05) is 6.92 Å². The molecule has 1 aliphatic carbocycles. The van der Waals surface area contributed by atoms with Gasteiger partial charge in [-0.25, -0.2) is 0 Å². The molecule has 13 heavy (non-hydrogen) atoms. The van der Waals surface area contributed by atoms with Crippen LogP contribution < -0.4 is 5.32 Å². The van der Waals surface area contributed by atoms with Gasteiger partial charge in [-0.1, -0.05) is 13.8 Å². The van der Waals surface area contributed by atoms with E-state index in [4.69, 9.17) is 0 Å². The molecule has 1 atom stereocenters. The highest BCUT2D eigenvalue weighted by molar-refractivity contribution is 4.85. The van der Waals surface area contributed by atoms with E-state index < -0.39 is 5.60 Å². The molecule has 0 aromatic rings. The molecule has 0 radical (unpaired) electrons. The minimum atomic E-state index is -0.507. The van der Waals surface area contributed by atoms with Gasteiger partial charge in [-0.15, -0.1) is 0 Å². The Morgan fingerprint density at radius 2 is 2.08 bits per heavy atom. The standard InChI is InChI=1S/C11H23NO/c1-9(2)6-7-11(3,13)8-12-10-4-5-10/h9-10,12-13H,4-8H2,1-3H3. The van der Waals surface area contributed by atoms with E-state index in [9.17, 15) is 5.11 Å². The number of rotatable bonds is 6. The maximum Gasteiger partial charge on any atom is 0.0743 e. The van der Waals surface area contributed by atoms with Crippen LogP contribution in [0, 0.1) is 5.92 Å². The van der Waals surface area contributed by atoms with E-state index in [0.717, 1.165) is 19.4 Å². The molecule has 0 aromatic carbocycles. The lowest BCUT2D eigenvalue weighted by atomic mass is 9.95. The maximum absolute atomic E-state index is 9.98. The van der Waals surface area contributed by atoms with E-state index in [-0.39, 0.29) is 0 Å². The van der Waals surface area contributed by atoms with Crippen molar-refractivity contribution in [2.24, 2.45) is 5.92 Å². The van der Waals surface area contributed by atoms with Crippen LogP contribution >= 0.6 is 0 Å². The van der Waals surface area contributed by atoms with Crippen LogP contribution in [0.15, 0.2) is 0 Å². The number of nitrogens with one attached hydrogen (secondary N) is 1. The molecule has 0 spiro atoms. The lowest BCUT2D eigenvalue weighted by Gasteiger charge is -2.24. The Balaban J connectivity index is 2.10. The molecule has 2 nitrogen and oxygen atoms in total. The average molecular weight is 185 g/mol. The van der Waals surface area contributed by atoms with Crippen molar-refractivity contribution in [3.05, 3.63) is 0 Å². The molecule has 0 aromatic heterocycles. The molecule has 0 aliphatic heterocycles. The van der Waals surface area contributed by atoms with Crippen molar-refractivity contribution in [2.45, 2.75) is 58.1 Å². The van der Waals surface area contributed by atoms with Crippen LogP contribution in [0.25, 0.3) is 0 Å². The van der Waals surface area contributed by atoms with Crippen LogP contribution in [0.3, 0.4) is 0 Å². The topological polar surface area (TPSA) is 32.3 Å². The van der Waals surface area contributed by atoms with Gasteiger partial charge in [0, 0.05) is 12.6 Å². The number of aliphatic hydroxyl groups is 1. The van der Waals surface area contributed by atoms with E-state index in [0.29, 0.717) is 12.0 Å². The normalized spacial score (nSPS) is 21.9. The van der Waals surface area contributed by atoms with Crippen molar-refractivity contribution >= 4 is 0 Å². The zero-order valence-electron chi connectivity index (χ0n) is 9.14. The Hall–Kier alpha value is -0.0800. The molecule has 2 heteroatoms. The summed E-state index contributed by atoms with van der Waals surface area (Å²) in [6.45, 7) is 7.09. The second-order valence-corrected chi connectivity index (χ2v) is 5.08. The van der Waals surface area contributed by atoms with Crippen LogP contribution in [-0.2, 0) is 0 Å². The first-order valence-corrected chi connectivity index (χ1v) is 5.45. The summed E-state index contributed by atoms with van der Waals surface area (Å²) >= 11 is 0.